The van der Waals surface area contributed by atoms with Crippen LogP contribution in [-0.4, -0.2) is 22.8 Å². The minimum absolute atomic E-state index is 0.156. The number of nitrogens with one attached hydrogen (secondary N) is 1. The summed E-state index contributed by atoms with van der Waals surface area (Å²) in [5.74, 6) is -0.0259. The maximum atomic E-state index is 12.8. The molecule has 3 aromatic carbocycles. The van der Waals surface area contributed by atoms with E-state index >= 15 is 0 Å². The molecule has 0 spiro atoms. The predicted molar refractivity (Wildman–Crippen MR) is 119 cm³/mol. The highest BCUT2D eigenvalue weighted by atomic mass is 35.5. The molecular weight excluding hydrogens is 396 g/mol. The monoisotopic (exact) mass is 416 g/mol. The van der Waals surface area contributed by atoms with Gasteiger partial charge in [0, 0.05) is 34.4 Å². The van der Waals surface area contributed by atoms with Gasteiger partial charge in [-0.25, -0.2) is 0 Å². The first-order valence-corrected chi connectivity index (χ1v) is 10.6. The van der Waals surface area contributed by atoms with Gasteiger partial charge in [-0.05, 0) is 78.4 Å². The Balaban J connectivity index is 1.31. The molecule has 3 aromatic rings. The summed E-state index contributed by atoms with van der Waals surface area (Å²) in [7, 11) is 0. The highest BCUT2D eigenvalue weighted by molar-refractivity contribution is 6.30. The van der Waals surface area contributed by atoms with Crippen molar-refractivity contribution in [2.45, 2.75) is 31.8 Å². The maximum Gasteiger partial charge on any atom is 0.255 e. The fourth-order valence-electron chi connectivity index (χ4n) is 4.05. The van der Waals surface area contributed by atoms with Gasteiger partial charge in [-0.1, -0.05) is 35.9 Å². The van der Waals surface area contributed by atoms with Gasteiger partial charge in [-0.15, -0.1) is 0 Å². The van der Waals surface area contributed by atoms with E-state index in [0.29, 0.717) is 22.3 Å². The van der Waals surface area contributed by atoms with E-state index in [9.17, 15) is 9.59 Å². The molecule has 0 aromatic heterocycles. The molecule has 1 N–H and O–H groups in total. The summed E-state index contributed by atoms with van der Waals surface area (Å²) in [6, 6.07) is 21.0. The molecule has 0 bridgehead atoms. The van der Waals surface area contributed by atoms with Crippen LogP contribution in [-0.2, 0) is 6.54 Å². The van der Waals surface area contributed by atoms with Gasteiger partial charge in [0.2, 0.25) is 0 Å². The molecule has 1 aliphatic heterocycles. The normalized spacial score (nSPS) is 15.6. The number of rotatable bonds is 4. The highest BCUT2D eigenvalue weighted by Gasteiger charge is 2.35. The van der Waals surface area contributed by atoms with Crippen molar-refractivity contribution in [3.8, 4) is 11.1 Å². The van der Waals surface area contributed by atoms with E-state index < -0.39 is 0 Å². The first-order chi connectivity index (χ1) is 14.6. The molecule has 0 saturated heterocycles. The lowest BCUT2D eigenvalue weighted by molar-refractivity contribution is 0.0606. The van der Waals surface area contributed by atoms with Crippen molar-refractivity contribution >= 4 is 29.1 Å². The third-order valence-electron chi connectivity index (χ3n) is 6.04. The zero-order valence-corrected chi connectivity index (χ0v) is 17.2. The number of fused-ring (bicyclic) bond motifs is 1. The van der Waals surface area contributed by atoms with E-state index in [4.69, 9.17) is 11.6 Å². The Morgan fingerprint density at radius 3 is 2.30 bits per heavy atom. The third kappa shape index (κ3) is 3.48. The molecule has 0 atom stereocenters. The number of halogens is 1. The van der Waals surface area contributed by atoms with Gasteiger partial charge >= 0.3 is 0 Å². The molecule has 1 fully saturated rings. The number of hydrogen-bond donors (Lipinski definition) is 1. The minimum Gasteiger partial charge on any atom is -0.331 e. The molecular formula is C25H21ClN2O2. The Labute approximate surface area is 180 Å². The fraction of sp³-hybridized carbons (Fsp3) is 0.200. The van der Waals surface area contributed by atoms with Crippen LogP contribution in [0, 0.1) is 0 Å². The standard InChI is InChI=1S/C25H21ClN2O2/c26-20-10-6-17(7-11-20)24(29)27-21-12-8-16(9-13-21)18-4-5-19-15-28(22-2-1-3-22)25(30)23(19)14-18/h4-14,22H,1-3,15H2,(H,27,29). The van der Waals surface area contributed by atoms with Crippen LogP contribution in [0.5, 0.6) is 0 Å². The molecule has 30 heavy (non-hydrogen) atoms. The van der Waals surface area contributed by atoms with Crippen LogP contribution in [0.3, 0.4) is 0 Å². The Kier molecular flexibility index (Phi) is 4.80. The molecule has 5 heteroatoms. The van der Waals surface area contributed by atoms with Crippen LogP contribution < -0.4 is 5.32 Å². The number of hydrogen-bond acceptors (Lipinski definition) is 2. The zero-order chi connectivity index (χ0) is 20.7. The van der Waals surface area contributed by atoms with E-state index in [1.807, 2.05) is 35.2 Å². The molecule has 2 amide bonds. The first kappa shape index (κ1) is 18.9. The Hall–Kier alpha value is -3.11. The summed E-state index contributed by atoms with van der Waals surface area (Å²) in [4.78, 5) is 27.2. The van der Waals surface area contributed by atoms with Gasteiger partial charge < -0.3 is 10.2 Å². The van der Waals surface area contributed by atoms with Gasteiger partial charge in [0.05, 0.1) is 0 Å². The summed E-state index contributed by atoms with van der Waals surface area (Å²) in [5, 5.41) is 3.49. The van der Waals surface area contributed by atoms with Crippen molar-refractivity contribution in [3.05, 3.63) is 88.4 Å². The maximum absolute atomic E-state index is 12.8. The molecule has 1 aliphatic carbocycles. The second-order valence-corrected chi connectivity index (χ2v) is 8.36. The van der Waals surface area contributed by atoms with Crippen molar-refractivity contribution in [1.82, 2.24) is 4.90 Å². The van der Waals surface area contributed by atoms with Crippen molar-refractivity contribution in [2.75, 3.05) is 5.32 Å². The Morgan fingerprint density at radius 2 is 1.63 bits per heavy atom. The number of anilines is 1. The average molecular weight is 417 g/mol. The molecule has 0 radical (unpaired) electrons. The molecule has 2 aliphatic rings. The van der Waals surface area contributed by atoms with Crippen LogP contribution in [0.25, 0.3) is 11.1 Å². The second-order valence-electron chi connectivity index (χ2n) is 7.93. The zero-order valence-electron chi connectivity index (χ0n) is 16.4. The molecule has 150 valence electrons. The lowest BCUT2D eigenvalue weighted by atomic mass is 9.92. The van der Waals surface area contributed by atoms with Crippen molar-refractivity contribution in [3.63, 3.8) is 0 Å². The van der Waals surface area contributed by atoms with Crippen LogP contribution in [0.4, 0.5) is 5.69 Å². The predicted octanol–water partition coefficient (Wildman–Crippen LogP) is 5.77. The van der Waals surface area contributed by atoms with Crippen LogP contribution in [0.15, 0.2) is 66.7 Å². The molecule has 0 unspecified atom stereocenters. The Bertz CT molecular complexity index is 1120. The van der Waals surface area contributed by atoms with E-state index in [2.05, 4.69) is 17.4 Å². The van der Waals surface area contributed by atoms with E-state index in [1.165, 1.54) is 6.42 Å². The fourth-order valence-corrected chi connectivity index (χ4v) is 4.17. The lowest BCUT2D eigenvalue weighted by Crippen LogP contribution is -2.40. The van der Waals surface area contributed by atoms with Crippen molar-refractivity contribution in [1.29, 1.82) is 0 Å². The topological polar surface area (TPSA) is 49.4 Å². The summed E-state index contributed by atoms with van der Waals surface area (Å²) in [5.41, 5.74) is 5.22. The number of nitrogens with zero attached hydrogens (tertiary/aromatic N) is 1. The highest BCUT2D eigenvalue weighted by Crippen LogP contribution is 2.34. The minimum atomic E-state index is -0.182. The Morgan fingerprint density at radius 1 is 0.933 bits per heavy atom. The summed E-state index contributed by atoms with van der Waals surface area (Å²) < 4.78 is 0. The number of carbonyl (C=O) groups is 2. The SMILES string of the molecule is O=C(Nc1ccc(-c2ccc3c(c2)C(=O)N(C2CCC2)C3)cc1)c1ccc(Cl)cc1. The molecule has 4 nitrogen and oxygen atoms in total. The van der Waals surface area contributed by atoms with Gasteiger partial charge in [0.15, 0.2) is 0 Å². The molecule has 1 saturated carbocycles. The van der Waals surface area contributed by atoms with E-state index in [0.717, 1.165) is 41.6 Å². The smallest absolute Gasteiger partial charge is 0.255 e. The van der Waals surface area contributed by atoms with Crippen molar-refractivity contribution in [2.24, 2.45) is 0 Å². The van der Waals surface area contributed by atoms with Gasteiger partial charge in [-0.2, -0.15) is 0 Å². The largest absolute Gasteiger partial charge is 0.331 e. The lowest BCUT2D eigenvalue weighted by Gasteiger charge is -2.34. The van der Waals surface area contributed by atoms with E-state index in [-0.39, 0.29) is 11.8 Å². The molecule has 5 rings (SSSR count). The van der Waals surface area contributed by atoms with Gasteiger partial charge in [-0.3, -0.25) is 9.59 Å². The van der Waals surface area contributed by atoms with Crippen LogP contribution in [0.2, 0.25) is 5.02 Å². The summed E-state index contributed by atoms with van der Waals surface area (Å²) in [6.45, 7) is 0.731. The van der Waals surface area contributed by atoms with Gasteiger partial charge in [0.25, 0.3) is 11.8 Å². The number of amides is 2. The van der Waals surface area contributed by atoms with E-state index in [1.54, 1.807) is 24.3 Å². The molecule has 1 heterocycles. The van der Waals surface area contributed by atoms with Crippen LogP contribution in [0.1, 0.15) is 45.5 Å². The number of benzene rings is 3. The first-order valence-electron chi connectivity index (χ1n) is 10.2. The van der Waals surface area contributed by atoms with Crippen LogP contribution >= 0.6 is 11.6 Å². The third-order valence-corrected chi connectivity index (χ3v) is 6.29. The average Bonchev–Trinajstić information content (AvgIpc) is 3.03. The second kappa shape index (κ2) is 7.62. The summed E-state index contributed by atoms with van der Waals surface area (Å²) >= 11 is 5.87. The van der Waals surface area contributed by atoms with Gasteiger partial charge in [0.1, 0.15) is 0 Å². The summed E-state index contributed by atoms with van der Waals surface area (Å²) in [6.07, 6.45) is 3.46. The quantitative estimate of drug-likeness (QED) is 0.587. The number of carbonyl (C=O) groups excluding carboxylic acids is 2. The van der Waals surface area contributed by atoms with Crippen molar-refractivity contribution < 1.29 is 9.59 Å².